The Hall–Kier alpha value is -3.28. The van der Waals surface area contributed by atoms with Crippen LogP contribution in [0.2, 0.25) is 0 Å². The van der Waals surface area contributed by atoms with E-state index in [1.54, 1.807) is 0 Å². The molecule has 4 aromatic rings. The summed E-state index contributed by atoms with van der Waals surface area (Å²) in [5.41, 5.74) is 2.62. The molecule has 23 heavy (non-hydrogen) atoms. The molecule has 0 bridgehead atoms. The summed E-state index contributed by atoms with van der Waals surface area (Å²) in [5, 5.41) is 15.2. The number of rotatable bonds is 4. The van der Waals surface area contributed by atoms with Gasteiger partial charge in [0, 0.05) is 5.39 Å². The Morgan fingerprint density at radius 1 is 0.913 bits per heavy atom. The average Bonchev–Trinajstić information content (AvgIpc) is 3.14. The first-order valence-corrected chi connectivity index (χ1v) is 7.20. The number of nitrogens with one attached hydrogen (secondary N) is 1. The Bertz CT molecular complexity index is 937. The SMILES string of the molecule is c1ccc(-c2nn[nH]n2)c(OCc2ccc3ccccc3n2)c1. The molecule has 0 amide bonds. The highest BCUT2D eigenvalue weighted by molar-refractivity contribution is 5.78. The maximum absolute atomic E-state index is 5.91. The summed E-state index contributed by atoms with van der Waals surface area (Å²) >= 11 is 0. The molecule has 0 aliphatic carbocycles. The summed E-state index contributed by atoms with van der Waals surface area (Å²) in [7, 11) is 0. The van der Waals surface area contributed by atoms with E-state index in [-0.39, 0.29) is 0 Å². The lowest BCUT2D eigenvalue weighted by Gasteiger charge is -2.09. The van der Waals surface area contributed by atoms with Crippen LogP contribution in [0.3, 0.4) is 0 Å². The van der Waals surface area contributed by atoms with Gasteiger partial charge in [0.05, 0.1) is 16.8 Å². The molecule has 0 aliphatic rings. The Morgan fingerprint density at radius 3 is 2.70 bits per heavy atom. The van der Waals surface area contributed by atoms with Crippen LogP contribution in [0.1, 0.15) is 5.69 Å². The minimum atomic E-state index is 0.375. The van der Waals surface area contributed by atoms with Crippen molar-refractivity contribution in [2.45, 2.75) is 6.61 Å². The summed E-state index contributed by atoms with van der Waals surface area (Å²) < 4.78 is 5.91. The van der Waals surface area contributed by atoms with Gasteiger partial charge in [0.15, 0.2) is 0 Å². The van der Waals surface area contributed by atoms with Gasteiger partial charge in [0.25, 0.3) is 0 Å². The minimum absolute atomic E-state index is 0.375. The van der Waals surface area contributed by atoms with Gasteiger partial charge < -0.3 is 4.74 Å². The van der Waals surface area contributed by atoms with Gasteiger partial charge in [-0.1, -0.05) is 36.4 Å². The first-order chi connectivity index (χ1) is 11.4. The quantitative estimate of drug-likeness (QED) is 0.627. The van der Waals surface area contributed by atoms with Crippen LogP contribution in [0, 0.1) is 0 Å². The van der Waals surface area contributed by atoms with Gasteiger partial charge in [-0.05, 0) is 29.5 Å². The molecule has 0 saturated heterocycles. The molecular formula is C17H13N5O. The van der Waals surface area contributed by atoms with Crippen LogP contribution in [-0.4, -0.2) is 25.6 Å². The lowest BCUT2D eigenvalue weighted by Crippen LogP contribution is -2.00. The number of ether oxygens (including phenoxy) is 1. The first kappa shape index (κ1) is 13.4. The summed E-state index contributed by atoms with van der Waals surface area (Å²) in [6, 6.07) is 19.6. The van der Waals surface area contributed by atoms with Crippen molar-refractivity contribution in [3.05, 3.63) is 66.4 Å². The molecule has 0 unspecified atom stereocenters. The minimum Gasteiger partial charge on any atom is -0.487 e. The van der Waals surface area contributed by atoms with Gasteiger partial charge >= 0.3 is 0 Å². The van der Waals surface area contributed by atoms with Crippen molar-refractivity contribution in [3.63, 3.8) is 0 Å². The van der Waals surface area contributed by atoms with Gasteiger partial charge in [-0.15, -0.1) is 10.2 Å². The smallest absolute Gasteiger partial charge is 0.208 e. The fraction of sp³-hybridized carbons (Fsp3) is 0.0588. The van der Waals surface area contributed by atoms with Crippen LogP contribution < -0.4 is 4.74 Å². The van der Waals surface area contributed by atoms with Gasteiger partial charge in [-0.25, -0.2) is 4.98 Å². The molecular weight excluding hydrogens is 290 g/mol. The summed E-state index contributed by atoms with van der Waals surface area (Å²) in [6.45, 7) is 0.375. The average molecular weight is 303 g/mol. The third-order valence-corrected chi connectivity index (χ3v) is 3.50. The van der Waals surface area contributed by atoms with E-state index in [9.17, 15) is 0 Å². The number of hydrogen-bond acceptors (Lipinski definition) is 5. The van der Waals surface area contributed by atoms with E-state index in [0.717, 1.165) is 22.2 Å². The van der Waals surface area contributed by atoms with E-state index in [4.69, 9.17) is 4.74 Å². The number of pyridine rings is 1. The Labute approximate surface area is 132 Å². The molecule has 4 rings (SSSR count). The molecule has 6 nitrogen and oxygen atoms in total. The van der Waals surface area contributed by atoms with Gasteiger partial charge in [0.2, 0.25) is 5.82 Å². The fourth-order valence-corrected chi connectivity index (χ4v) is 2.39. The zero-order valence-electron chi connectivity index (χ0n) is 12.2. The van der Waals surface area contributed by atoms with E-state index < -0.39 is 0 Å². The van der Waals surface area contributed by atoms with E-state index in [1.165, 1.54) is 0 Å². The van der Waals surface area contributed by atoms with Crippen molar-refractivity contribution in [2.24, 2.45) is 0 Å². The highest BCUT2D eigenvalue weighted by Gasteiger charge is 2.10. The molecule has 0 fully saturated rings. The maximum Gasteiger partial charge on any atom is 0.208 e. The highest BCUT2D eigenvalue weighted by Crippen LogP contribution is 2.27. The molecule has 2 aromatic heterocycles. The Morgan fingerprint density at radius 2 is 1.78 bits per heavy atom. The molecule has 0 spiro atoms. The monoisotopic (exact) mass is 303 g/mol. The maximum atomic E-state index is 5.91. The molecule has 2 heterocycles. The Balaban J connectivity index is 1.59. The second-order valence-corrected chi connectivity index (χ2v) is 5.02. The standard InChI is InChI=1S/C17H13N5O/c1-3-7-15-12(5-1)9-10-13(18-15)11-23-16-8-4-2-6-14(16)17-19-21-22-20-17/h1-10H,11H2,(H,19,20,21,22). The van der Waals surface area contributed by atoms with Gasteiger partial charge in [0.1, 0.15) is 12.4 Å². The summed E-state index contributed by atoms with van der Waals surface area (Å²) in [4.78, 5) is 4.61. The summed E-state index contributed by atoms with van der Waals surface area (Å²) in [6.07, 6.45) is 0. The van der Waals surface area contributed by atoms with Crippen molar-refractivity contribution >= 4 is 10.9 Å². The Kier molecular flexibility index (Phi) is 3.40. The second-order valence-electron chi connectivity index (χ2n) is 5.02. The molecule has 0 saturated carbocycles. The topological polar surface area (TPSA) is 76.6 Å². The predicted octanol–water partition coefficient (Wildman–Crippen LogP) is 2.99. The third kappa shape index (κ3) is 2.74. The van der Waals surface area contributed by atoms with Crippen molar-refractivity contribution in [1.82, 2.24) is 25.6 Å². The largest absolute Gasteiger partial charge is 0.487 e. The molecule has 1 N–H and O–H groups in total. The molecule has 112 valence electrons. The predicted molar refractivity (Wildman–Crippen MR) is 85.7 cm³/mol. The molecule has 0 atom stereocenters. The zero-order valence-corrected chi connectivity index (χ0v) is 12.2. The lowest BCUT2D eigenvalue weighted by molar-refractivity contribution is 0.303. The highest BCUT2D eigenvalue weighted by atomic mass is 16.5. The third-order valence-electron chi connectivity index (χ3n) is 3.50. The number of H-pyrrole nitrogens is 1. The number of aromatic amines is 1. The van der Waals surface area contributed by atoms with Crippen molar-refractivity contribution in [2.75, 3.05) is 0 Å². The van der Waals surface area contributed by atoms with E-state index in [2.05, 4.69) is 25.6 Å². The molecule has 6 heteroatoms. The molecule has 0 aliphatic heterocycles. The van der Waals surface area contributed by atoms with Gasteiger partial charge in [-0.3, -0.25) is 0 Å². The molecule has 0 radical (unpaired) electrons. The van der Waals surface area contributed by atoms with Crippen molar-refractivity contribution < 1.29 is 4.74 Å². The number of nitrogens with zero attached hydrogens (tertiary/aromatic N) is 4. The van der Waals surface area contributed by atoms with E-state index in [0.29, 0.717) is 18.2 Å². The van der Waals surface area contributed by atoms with Crippen molar-refractivity contribution in [3.8, 4) is 17.1 Å². The van der Waals surface area contributed by atoms with Crippen LogP contribution in [0.15, 0.2) is 60.7 Å². The normalized spacial score (nSPS) is 10.8. The van der Waals surface area contributed by atoms with Crippen LogP contribution in [0.4, 0.5) is 0 Å². The number of tetrazole rings is 1. The second kappa shape index (κ2) is 5.84. The fourth-order valence-electron chi connectivity index (χ4n) is 2.39. The number of benzene rings is 2. The summed E-state index contributed by atoms with van der Waals surface area (Å²) in [5.74, 6) is 1.20. The van der Waals surface area contributed by atoms with Crippen LogP contribution in [-0.2, 0) is 6.61 Å². The van der Waals surface area contributed by atoms with E-state index >= 15 is 0 Å². The zero-order chi connectivity index (χ0) is 15.5. The van der Waals surface area contributed by atoms with E-state index in [1.807, 2.05) is 60.7 Å². The number of aromatic nitrogens is 5. The van der Waals surface area contributed by atoms with Gasteiger partial charge in [-0.2, -0.15) is 5.21 Å². The first-order valence-electron chi connectivity index (χ1n) is 7.20. The van der Waals surface area contributed by atoms with Crippen LogP contribution >= 0.6 is 0 Å². The van der Waals surface area contributed by atoms with Crippen LogP contribution in [0.25, 0.3) is 22.3 Å². The van der Waals surface area contributed by atoms with Crippen molar-refractivity contribution in [1.29, 1.82) is 0 Å². The van der Waals surface area contributed by atoms with Crippen LogP contribution in [0.5, 0.6) is 5.75 Å². The molecule has 2 aromatic carbocycles. The number of para-hydroxylation sites is 2. The lowest BCUT2D eigenvalue weighted by atomic mass is 10.2. The number of hydrogen-bond donors (Lipinski definition) is 1. The number of fused-ring (bicyclic) bond motifs is 1.